The number of halogens is 1. The number of pyridine rings is 1. The molecule has 1 aromatic heterocycles. The molecule has 0 fully saturated rings. The molecule has 106 valence electrons. The maximum atomic E-state index is 5.97. The van der Waals surface area contributed by atoms with Crippen LogP contribution in [0.3, 0.4) is 0 Å². The van der Waals surface area contributed by atoms with E-state index in [1.165, 1.54) is 0 Å². The Balaban J connectivity index is 2.04. The fourth-order valence-corrected chi connectivity index (χ4v) is 2.57. The lowest BCUT2D eigenvalue weighted by atomic mass is 10.1. The summed E-state index contributed by atoms with van der Waals surface area (Å²) in [5, 5.41) is 4.27. The zero-order chi connectivity index (χ0) is 14.7. The lowest BCUT2D eigenvalue weighted by molar-refractivity contribution is 0.456. The van der Waals surface area contributed by atoms with E-state index in [9.17, 15) is 0 Å². The van der Waals surface area contributed by atoms with Crippen LogP contribution in [0.4, 0.5) is 0 Å². The smallest absolute Gasteiger partial charge is 0.224 e. The number of para-hydroxylation sites is 1. The molecule has 0 aliphatic rings. The van der Waals surface area contributed by atoms with Gasteiger partial charge >= 0.3 is 0 Å². The molecule has 0 radical (unpaired) electrons. The van der Waals surface area contributed by atoms with E-state index in [1.807, 2.05) is 49.5 Å². The third-order valence-electron chi connectivity index (χ3n) is 3.14. The van der Waals surface area contributed by atoms with Gasteiger partial charge < -0.3 is 10.1 Å². The van der Waals surface area contributed by atoms with Crippen LogP contribution in [-0.4, -0.2) is 12.0 Å². The number of ether oxygens (including phenoxy) is 1. The topological polar surface area (TPSA) is 34.2 Å². The number of benzene rings is 2. The summed E-state index contributed by atoms with van der Waals surface area (Å²) >= 11 is 3.45. The second-order valence-electron chi connectivity index (χ2n) is 4.74. The maximum Gasteiger partial charge on any atom is 0.224 e. The number of hydrogen-bond acceptors (Lipinski definition) is 3. The van der Waals surface area contributed by atoms with Gasteiger partial charge in [0, 0.05) is 22.0 Å². The van der Waals surface area contributed by atoms with Crippen molar-refractivity contribution in [3.05, 3.63) is 64.6 Å². The number of nitrogens with zero attached hydrogens (tertiary/aromatic N) is 1. The van der Waals surface area contributed by atoms with Crippen molar-refractivity contribution < 1.29 is 4.74 Å². The Morgan fingerprint density at radius 1 is 1.10 bits per heavy atom. The van der Waals surface area contributed by atoms with Crippen molar-refractivity contribution in [1.82, 2.24) is 10.3 Å². The van der Waals surface area contributed by atoms with Crippen molar-refractivity contribution in [1.29, 1.82) is 0 Å². The molecule has 0 atom stereocenters. The second-order valence-corrected chi connectivity index (χ2v) is 5.65. The highest BCUT2D eigenvalue weighted by Crippen LogP contribution is 2.28. The zero-order valence-corrected chi connectivity index (χ0v) is 13.2. The van der Waals surface area contributed by atoms with Crippen LogP contribution in [0.25, 0.3) is 10.9 Å². The van der Waals surface area contributed by atoms with Crippen molar-refractivity contribution in [3.8, 4) is 11.6 Å². The molecule has 0 bridgehead atoms. The van der Waals surface area contributed by atoms with E-state index in [0.717, 1.165) is 26.7 Å². The van der Waals surface area contributed by atoms with Gasteiger partial charge in [0.2, 0.25) is 5.88 Å². The highest BCUT2D eigenvalue weighted by Gasteiger charge is 2.09. The minimum Gasteiger partial charge on any atom is -0.439 e. The second kappa shape index (κ2) is 6.24. The van der Waals surface area contributed by atoms with Gasteiger partial charge in [-0.05, 0) is 37.4 Å². The summed E-state index contributed by atoms with van der Waals surface area (Å²) in [5.74, 6) is 1.41. The summed E-state index contributed by atoms with van der Waals surface area (Å²) in [7, 11) is 1.91. The molecule has 1 heterocycles. The van der Waals surface area contributed by atoms with Gasteiger partial charge in [0.05, 0.1) is 5.52 Å². The molecule has 3 aromatic rings. The van der Waals surface area contributed by atoms with Gasteiger partial charge in [0.15, 0.2) is 0 Å². The zero-order valence-electron chi connectivity index (χ0n) is 11.6. The molecule has 3 rings (SSSR count). The number of nitrogens with one attached hydrogen (secondary N) is 1. The average Bonchev–Trinajstić information content (AvgIpc) is 2.48. The molecular formula is C17H15BrN2O. The molecule has 0 aliphatic heterocycles. The first-order valence-corrected chi connectivity index (χ1v) is 7.52. The highest BCUT2D eigenvalue weighted by atomic mass is 79.9. The van der Waals surface area contributed by atoms with Crippen molar-refractivity contribution >= 4 is 26.8 Å². The van der Waals surface area contributed by atoms with Gasteiger partial charge in [-0.2, -0.15) is 0 Å². The Bertz CT molecular complexity index is 774. The number of fused-ring (bicyclic) bond motifs is 1. The number of hydrogen-bond donors (Lipinski definition) is 1. The van der Waals surface area contributed by atoms with E-state index in [0.29, 0.717) is 12.4 Å². The molecule has 21 heavy (non-hydrogen) atoms. The molecule has 4 heteroatoms. The monoisotopic (exact) mass is 342 g/mol. The minimum atomic E-state index is 0.640. The SMILES string of the molecule is CNCc1cc2ccccc2nc1Oc1cccc(Br)c1. The Labute approximate surface area is 132 Å². The van der Waals surface area contributed by atoms with Gasteiger partial charge in [-0.15, -0.1) is 0 Å². The first-order chi connectivity index (χ1) is 10.3. The van der Waals surface area contributed by atoms with Crippen LogP contribution in [0.1, 0.15) is 5.56 Å². The summed E-state index contributed by atoms with van der Waals surface area (Å²) < 4.78 is 6.95. The predicted molar refractivity (Wildman–Crippen MR) is 88.7 cm³/mol. The molecular weight excluding hydrogens is 328 g/mol. The Morgan fingerprint density at radius 2 is 1.95 bits per heavy atom. The maximum absolute atomic E-state index is 5.97. The molecule has 0 aliphatic carbocycles. The standard InChI is InChI=1S/C17H15BrN2O/c1-19-11-13-9-12-5-2-3-8-16(12)20-17(13)21-15-7-4-6-14(18)10-15/h2-10,19H,11H2,1H3. The van der Waals surface area contributed by atoms with Crippen LogP contribution in [0.2, 0.25) is 0 Å². The molecule has 0 spiro atoms. The minimum absolute atomic E-state index is 0.640. The third-order valence-corrected chi connectivity index (χ3v) is 3.63. The Hall–Kier alpha value is -1.91. The molecule has 0 saturated heterocycles. The van der Waals surface area contributed by atoms with Gasteiger partial charge in [-0.3, -0.25) is 0 Å². The summed E-state index contributed by atoms with van der Waals surface area (Å²) in [6, 6.07) is 17.9. The number of aromatic nitrogens is 1. The van der Waals surface area contributed by atoms with Crippen molar-refractivity contribution in [2.24, 2.45) is 0 Å². The molecule has 2 aromatic carbocycles. The van der Waals surface area contributed by atoms with Crippen LogP contribution in [0.15, 0.2) is 59.1 Å². The summed E-state index contributed by atoms with van der Waals surface area (Å²) in [6.07, 6.45) is 0. The average molecular weight is 343 g/mol. The van der Waals surface area contributed by atoms with Crippen LogP contribution in [0, 0.1) is 0 Å². The molecule has 0 unspecified atom stereocenters. The van der Waals surface area contributed by atoms with E-state index >= 15 is 0 Å². The van der Waals surface area contributed by atoms with Crippen LogP contribution in [-0.2, 0) is 6.54 Å². The van der Waals surface area contributed by atoms with Gasteiger partial charge in [-0.25, -0.2) is 4.98 Å². The lowest BCUT2D eigenvalue weighted by Crippen LogP contribution is -2.07. The summed E-state index contributed by atoms with van der Waals surface area (Å²) in [5.41, 5.74) is 1.97. The summed E-state index contributed by atoms with van der Waals surface area (Å²) in [4.78, 5) is 4.64. The molecule has 3 nitrogen and oxygen atoms in total. The van der Waals surface area contributed by atoms with Gasteiger partial charge in [0.25, 0.3) is 0 Å². The molecule has 0 saturated carbocycles. The van der Waals surface area contributed by atoms with E-state index in [1.54, 1.807) is 0 Å². The fraction of sp³-hybridized carbons (Fsp3) is 0.118. The lowest BCUT2D eigenvalue weighted by Gasteiger charge is -2.11. The first-order valence-electron chi connectivity index (χ1n) is 6.73. The van der Waals surface area contributed by atoms with E-state index in [4.69, 9.17) is 4.74 Å². The van der Waals surface area contributed by atoms with Crippen molar-refractivity contribution in [3.63, 3.8) is 0 Å². The quantitative estimate of drug-likeness (QED) is 0.757. The molecule has 0 amide bonds. The highest BCUT2D eigenvalue weighted by molar-refractivity contribution is 9.10. The first kappa shape index (κ1) is 14.0. The largest absolute Gasteiger partial charge is 0.439 e. The van der Waals surface area contributed by atoms with Crippen molar-refractivity contribution in [2.45, 2.75) is 6.54 Å². The van der Waals surface area contributed by atoms with Gasteiger partial charge in [-0.1, -0.05) is 40.2 Å². The fourth-order valence-electron chi connectivity index (χ4n) is 2.19. The Morgan fingerprint density at radius 3 is 2.76 bits per heavy atom. The summed E-state index contributed by atoms with van der Waals surface area (Å²) in [6.45, 7) is 0.709. The normalized spacial score (nSPS) is 10.8. The van der Waals surface area contributed by atoms with Crippen molar-refractivity contribution in [2.75, 3.05) is 7.05 Å². The molecule has 1 N–H and O–H groups in total. The number of rotatable bonds is 4. The van der Waals surface area contributed by atoms with Gasteiger partial charge in [0.1, 0.15) is 5.75 Å². The van der Waals surface area contributed by atoms with Crippen LogP contribution in [0.5, 0.6) is 11.6 Å². The van der Waals surface area contributed by atoms with E-state index in [2.05, 4.69) is 38.4 Å². The predicted octanol–water partition coefficient (Wildman–Crippen LogP) is 4.51. The van der Waals surface area contributed by atoms with Crippen LogP contribution >= 0.6 is 15.9 Å². The van der Waals surface area contributed by atoms with E-state index < -0.39 is 0 Å². The van der Waals surface area contributed by atoms with Crippen LogP contribution < -0.4 is 10.1 Å². The van der Waals surface area contributed by atoms with E-state index in [-0.39, 0.29) is 0 Å². The third kappa shape index (κ3) is 3.23. The Kier molecular flexibility index (Phi) is 4.18.